The third-order valence-electron chi connectivity index (χ3n) is 7.44. The van der Waals surface area contributed by atoms with E-state index in [2.05, 4.69) is 146 Å². The van der Waals surface area contributed by atoms with Gasteiger partial charge in [0.15, 0.2) is 0 Å². The van der Waals surface area contributed by atoms with E-state index in [0.29, 0.717) is 0 Å². The predicted octanol–water partition coefficient (Wildman–Crippen LogP) is 8.78. The summed E-state index contributed by atoms with van der Waals surface area (Å²) < 4.78 is 0. The summed E-state index contributed by atoms with van der Waals surface area (Å²) >= 11 is 0. The van der Waals surface area contributed by atoms with Crippen LogP contribution in [0.4, 0.5) is 11.4 Å². The van der Waals surface area contributed by atoms with E-state index in [9.17, 15) is 0 Å². The number of nitrogens with zero attached hydrogens (tertiary/aromatic N) is 3. The van der Waals surface area contributed by atoms with Crippen LogP contribution in [0.15, 0.2) is 131 Å². The van der Waals surface area contributed by atoms with Crippen LogP contribution >= 0.6 is 0 Å². The standard InChI is InChI=1S/C35H31N3/c1-35(2)31-15-9-10-16-32(31)36-34(35)24-20-27-18-22-30(23-19-27)38-33(28-13-7-4-8-14-28)25-29(37-38)21-17-26-11-5-3-6-12-26/h3-24,33H,25H2,1-2H3/b21-17+,24-20+. The maximum absolute atomic E-state index is 5.04. The topological polar surface area (TPSA) is 28.0 Å². The maximum atomic E-state index is 5.04. The fourth-order valence-corrected chi connectivity index (χ4v) is 5.23. The van der Waals surface area contributed by atoms with Crippen LogP contribution in [0.25, 0.3) is 12.2 Å². The molecule has 0 aromatic heterocycles. The van der Waals surface area contributed by atoms with Crippen molar-refractivity contribution in [3.8, 4) is 0 Å². The summed E-state index contributed by atoms with van der Waals surface area (Å²) in [4.78, 5) is 4.89. The van der Waals surface area contributed by atoms with Gasteiger partial charge in [0.25, 0.3) is 0 Å². The molecular weight excluding hydrogens is 462 g/mol. The number of hydrogen-bond acceptors (Lipinski definition) is 3. The number of aliphatic imine (C=N–C) groups is 1. The Morgan fingerprint density at radius 2 is 1.32 bits per heavy atom. The summed E-state index contributed by atoms with van der Waals surface area (Å²) in [5, 5.41) is 7.20. The zero-order valence-electron chi connectivity index (χ0n) is 21.8. The van der Waals surface area contributed by atoms with Gasteiger partial charge in [0.1, 0.15) is 0 Å². The summed E-state index contributed by atoms with van der Waals surface area (Å²) in [6, 6.07) is 38.3. The zero-order valence-corrected chi connectivity index (χ0v) is 21.8. The lowest BCUT2D eigenvalue weighted by Crippen LogP contribution is -2.23. The van der Waals surface area contributed by atoms with Gasteiger partial charge >= 0.3 is 0 Å². The van der Waals surface area contributed by atoms with Crippen molar-refractivity contribution in [1.29, 1.82) is 0 Å². The molecule has 0 N–H and O–H groups in total. The van der Waals surface area contributed by atoms with Gasteiger partial charge in [-0.1, -0.05) is 117 Å². The second-order valence-electron chi connectivity index (χ2n) is 10.4. The molecule has 6 rings (SSSR count). The number of fused-ring (bicyclic) bond motifs is 1. The van der Waals surface area contributed by atoms with Crippen LogP contribution < -0.4 is 5.01 Å². The molecule has 186 valence electrons. The van der Waals surface area contributed by atoms with Crippen molar-refractivity contribution in [3.05, 3.63) is 144 Å². The minimum atomic E-state index is -0.0934. The molecule has 3 nitrogen and oxygen atoms in total. The molecule has 0 fully saturated rings. The molecule has 1 unspecified atom stereocenters. The predicted molar refractivity (Wildman–Crippen MR) is 161 cm³/mol. The van der Waals surface area contributed by atoms with Gasteiger partial charge in [0.2, 0.25) is 0 Å². The molecule has 0 spiro atoms. The number of hydrogen-bond donors (Lipinski definition) is 0. The number of benzene rings is 4. The Kier molecular flexibility index (Phi) is 6.35. The average molecular weight is 494 g/mol. The summed E-state index contributed by atoms with van der Waals surface area (Å²) in [6.07, 6.45) is 9.47. The Hall–Kier alpha value is -4.50. The molecule has 0 aliphatic carbocycles. The molecule has 0 radical (unpaired) electrons. The first-order valence-corrected chi connectivity index (χ1v) is 13.2. The van der Waals surface area contributed by atoms with Gasteiger partial charge in [-0.2, -0.15) is 5.10 Å². The van der Waals surface area contributed by atoms with E-state index in [1.165, 1.54) is 16.7 Å². The second kappa shape index (κ2) is 10.1. The van der Waals surface area contributed by atoms with E-state index in [4.69, 9.17) is 10.1 Å². The molecule has 2 aliphatic heterocycles. The van der Waals surface area contributed by atoms with Crippen LogP contribution in [0.3, 0.4) is 0 Å². The molecule has 38 heavy (non-hydrogen) atoms. The van der Waals surface area contributed by atoms with Crippen LogP contribution in [0.2, 0.25) is 0 Å². The number of allylic oxidation sites excluding steroid dienone is 2. The first-order chi connectivity index (χ1) is 18.6. The Morgan fingerprint density at radius 1 is 0.684 bits per heavy atom. The van der Waals surface area contributed by atoms with Crippen LogP contribution in [0, 0.1) is 0 Å². The van der Waals surface area contributed by atoms with Crippen molar-refractivity contribution in [2.24, 2.45) is 10.1 Å². The summed E-state index contributed by atoms with van der Waals surface area (Å²) in [7, 11) is 0. The first kappa shape index (κ1) is 23.9. The van der Waals surface area contributed by atoms with Crippen molar-refractivity contribution < 1.29 is 0 Å². The minimum absolute atomic E-state index is 0.0934. The van der Waals surface area contributed by atoms with Gasteiger partial charge in [-0.05, 0) is 52.6 Å². The lowest BCUT2D eigenvalue weighted by molar-refractivity contribution is 0.709. The van der Waals surface area contributed by atoms with Crippen LogP contribution in [0.1, 0.15) is 48.6 Å². The molecular formula is C35H31N3. The van der Waals surface area contributed by atoms with E-state index in [0.717, 1.165) is 34.8 Å². The van der Waals surface area contributed by atoms with Gasteiger partial charge in [-0.15, -0.1) is 0 Å². The highest BCUT2D eigenvalue weighted by molar-refractivity contribution is 6.10. The smallest absolute Gasteiger partial charge is 0.0831 e. The van der Waals surface area contributed by atoms with E-state index in [1.807, 2.05) is 6.07 Å². The first-order valence-electron chi connectivity index (χ1n) is 13.2. The van der Waals surface area contributed by atoms with Gasteiger partial charge in [0, 0.05) is 11.8 Å². The summed E-state index contributed by atoms with van der Waals surface area (Å²) in [6.45, 7) is 4.48. The number of anilines is 1. The number of para-hydroxylation sites is 1. The lowest BCUT2D eigenvalue weighted by atomic mass is 9.81. The van der Waals surface area contributed by atoms with Gasteiger partial charge in [0.05, 0.1) is 28.8 Å². The lowest BCUT2D eigenvalue weighted by Gasteiger charge is -2.24. The average Bonchev–Trinajstić information content (AvgIpc) is 3.50. The number of hydrazone groups is 1. The van der Waals surface area contributed by atoms with Gasteiger partial charge in [-0.25, -0.2) is 0 Å². The van der Waals surface area contributed by atoms with E-state index in [-0.39, 0.29) is 11.5 Å². The quantitative estimate of drug-likeness (QED) is 0.264. The van der Waals surface area contributed by atoms with Crippen molar-refractivity contribution in [2.45, 2.75) is 31.7 Å². The highest BCUT2D eigenvalue weighted by Gasteiger charge is 2.33. The molecule has 0 amide bonds. The zero-order chi connectivity index (χ0) is 26.0. The van der Waals surface area contributed by atoms with E-state index in [1.54, 1.807) is 0 Å². The highest BCUT2D eigenvalue weighted by atomic mass is 15.5. The molecule has 4 aromatic carbocycles. The second-order valence-corrected chi connectivity index (χ2v) is 10.4. The van der Waals surface area contributed by atoms with Crippen molar-refractivity contribution in [3.63, 3.8) is 0 Å². The molecule has 0 saturated heterocycles. The molecule has 1 atom stereocenters. The largest absolute Gasteiger partial charge is 0.257 e. The fourth-order valence-electron chi connectivity index (χ4n) is 5.23. The van der Waals surface area contributed by atoms with Crippen molar-refractivity contribution in [2.75, 3.05) is 5.01 Å². The maximum Gasteiger partial charge on any atom is 0.0831 e. The normalized spacial score (nSPS) is 18.2. The highest BCUT2D eigenvalue weighted by Crippen LogP contribution is 2.40. The molecule has 2 heterocycles. The summed E-state index contributed by atoms with van der Waals surface area (Å²) in [5.41, 5.74) is 9.11. The van der Waals surface area contributed by atoms with Crippen LogP contribution in [0.5, 0.6) is 0 Å². The van der Waals surface area contributed by atoms with Crippen LogP contribution in [-0.2, 0) is 5.41 Å². The summed E-state index contributed by atoms with van der Waals surface area (Å²) in [5.74, 6) is 0. The van der Waals surface area contributed by atoms with Crippen LogP contribution in [-0.4, -0.2) is 11.4 Å². The van der Waals surface area contributed by atoms with Gasteiger partial charge < -0.3 is 0 Å². The van der Waals surface area contributed by atoms with Gasteiger partial charge in [-0.3, -0.25) is 10.0 Å². The van der Waals surface area contributed by atoms with E-state index >= 15 is 0 Å². The fraction of sp³-hybridized carbons (Fsp3) is 0.143. The molecule has 3 heteroatoms. The molecule has 4 aromatic rings. The van der Waals surface area contributed by atoms with E-state index < -0.39 is 0 Å². The Morgan fingerprint density at radius 3 is 2.05 bits per heavy atom. The number of rotatable bonds is 6. The Bertz CT molecular complexity index is 1540. The molecule has 0 saturated carbocycles. The third kappa shape index (κ3) is 4.76. The third-order valence-corrected chi connectivity index (χ3v) is 7.44. The Balaban J connectivity index is 1.24. The van der Waals surface area contributed by atoms with Crippen molar-refractivity contribution in [1.82, 2.24) is 0 Å². The molecule has 2 aliphatic rings. The minimum Gasteiger partial charge on any atom is -0.257 e. The SMILES string of the molecule is CC1(C)C(/C=C/c2ccc(N3N=C(/C=C/c4ccccc4)CC3c3ccccc3)cc2)=Nc2ccccc21. The monoisotopic (exact) mass is 493 g/mol. The molecule has 0 bridgehead atoms. The Labute approximate surface area is 225 Å². The van der Waals surface area contributed by atoms with Crippen molar-refractivity contribution >= 4 is 35.0 Å².